The lowest BCUT2D eigenvalue weighted by Gasteiger charge is -1.92. The third-order valence-electron chi connectivity index (χ3n) is 2.02. The van der Waals surface area contributed by atoms with Crippen LogP contribution in [0.4, 0.5) is 10.3 Å². The number of rotatable bonds is 0. The summed E-state index contributed by atoms with van der Waals surface area (Å²) in [6.45, 7) is 0. The van der Waals surface area contributed by atoms with E-state index in [4.69, 9.17) is 23.1 Å². The van der Waals surface area contributed by atoms with Crippen LogP contribution in [0.15, 0.2) is 6.07 Å². The van der Waals surface area contributed by atoms with Crippen LogP contribution in [-0.2, 0) is 0 Å². The number of hydrogen-bond donors (Lipinski definition) is 2. The molecule has 0 spiro atoms. The lowest BCUT2D eigenvalue weighted by molar-refractivity contribution is 1.47. The molecule has 4 N–H and O–H groups in total. The average Bonchev–Trinajstić information content (AvgIpc) is 2.69. The van der Waals surface area contributed by atoms with E-state index < -0.39 is 0 Å². The van der Waals surface area contributed by atoms with Gasteiger partial charge in [0.2, 0.25) is 0 Å². The number of fused-ring (bicyclic) bond motifs is 2. The van der Waals surface area contributed by atoms with Crippen LogP contribution < -0.4 is 11.5 Å². The van der Waals surface area contributed by atoms with Gasteiger partial charge in [0.15, 0.2) is 10.3 Å². The Hall–Kier alpha value is -1.11. The van der Waals surface area contributed by atoms with Crippen molar-refractivity contribution in [1.29, 1.82) is 0 Å². The highest BCUT2D eigenvalue weighted by atomic mass is 35.5. The first kappa shape index (κ1) is 9.14. The van der Waals surface area contributed by atoms with Crippen LogP contribution in [0.1, 0.15) is 0 Å². The van der Waals surface area contributed by atoms with Crippen LogP contribution in [0.3, 0.4) is 0 Å². The van der Waals surface area contributed by atoms with E-state index in [-0.39, 0.29) is 0 Å². The summed E-state index contributed by atoms with van der Waals surface area (Å²) in [7, 11) is 0. The smallest absolute Gasteiger partial charge is 0.181 e. The Balaban J connectivity index is 2.56. The molecule has 0 bridgehead atoms. The van der Waals surface area contributed by atoms with Crippen molar-refractivity contribution in [3.8, 4) is 0 Å². The second kappa shape index (κ2) is 2.94. The van der Waals surface area contributed by atoms with Crippen LogP contribution >= 0.6 is 34.3 Å². The van der Waals surface area contributed by atoms with Crippen LogP contribution in [0, 0.1) is 0 Å². The summed E-state index contributed by atoms with van der Waals surface area (Å²) < 4.78 is 1.93. The number of hydrogen-bond acceptors (Lipinski definition) is 6. The van der Waals surface area contributed by atoms with Gasteiger partial charge in [-0.15, -0.1) is 0 Å². The van der Waals surface area contributed by atoms with Crippen molar-refractivity contribution in [3.05, 3.63) is 11.1 Å². The van der Waals surface area contributed by atoms with Gasteiger partial charge in [-0.25, -0.2) is 9.97 Å². The molecule has 4 nitrogen and oxygen atoms in total. The van der Waals surface area contributed by atoms with E-state index >= 15 is 0 Å². The average molecular weight is 257 g/mol. The molecular weight excluding hydrogens is 252 g/mol. The van der Waals surface area contributed by atoms with E-state index in [1.807, 2.05) is 6.07 Å². The quantitative estimate of drug-likeness (QED) is 0.648. The molecule has 7 heteroatoms. The summed E-state index contributed by atoms with van der Waals surface area (Å²) >= 11 is 9.00. The molecule has 0 radical (unpaired) electrons. The van der Waals surface area contributed by atoms with Gasteiger partial charge in [0.05, 0.1) is 14.4 Å². The first-order valence-corrected chi connectivity index (χ1v) is 6.07. The van der Waals surface area contributed by atoms with Crippen LogP contribution in [0.2, 0.25) is 5.02 Å². The molecule has 76 valence electrons. The van der Waals surface area contributed by atoms with Crippen molar-refractivity contribution >= 4 is 65.0 Å². The number of halogens is 1. The van der Waals surface area contributed by atoms with Crippen molar-refractivity contribution in [2.45, 2.75) is 0 Å². The molecule has 0 amide bonds. The minimum Gasteiger partial charge on any atom is -0.375 e. The van der Waals surface area contributed by atoms with E-state index in [9.17, 15) is 0 Å². The predicted molar refractivity (Wildman–Crippen MR) is 66.6 cm³/mol. The van der Waals surface area contributed by atoms with Crippen molar-refractivity contribution in [3.63, 3.8) is 0 Å². The molecular formula is C8H5ClN4S2. The van der Waals surface area contributed by atoms with Gasteiger partial charge in [0.25, 0.3) is 0 Å². The van der Waals surface area contributed by atoms with Crippen molar-refractivity contribution in [1.82, 2.24) is 9.97 Å². The van der Waals surface area contributed by atoms with Crippen molar-refractivity contribution in [2.24, 2.45) is 0 Å². The molecule has 3 aromatic rings. The topological polar surface area (TPSA) is 77.8 Å². The van der Waals surface area contributed by atoms with Crippen molar-refractivity contribution in [2.75, 3.05) is 11.5 Å². The predicted octanol–water partition coefficient (Wildman–Crippen LogP) is 2.72. The maximum absolute atomic E-state index is 6.18. The van der Waals surface area contributed by atoms with E-state index in [1.165, 1.54) is 22.7 Å². The molecule has 0 atom stereocenters. The zero-order valence-electron chi connectivity index (χ0n) is 7.32. The summed E-state index contributed by atoms with van der Waals surface area (Å²) in [5.41, 5.74) is 12.7. The second-order valence-electron chi connectivity index (χ2n) is 2.99. The fraction of sp³-hybridized carbons (Fsp3) is 0. The molecule has 0 fully saturated rings. The molecule has 3 rings (SSSR count). The molecule has 0 saturated carbocycles. The monoisotopic (exact) mass is 256 g/mol. The van der Waals surface area contributed by atoms with E-state index in [0.29, 0.717) is 26.3 Å². The normalized spacial score (nSPS) is 11.5. The molecule has 1 aromatic carbocycles. The summed E-state index contributed by atoms with van der Waals surface area (Å²) in [6.07, 6.45) is 0. The first-order chi connectivity index (χ1) is 7.15. The zero-order chi connectivity index (χ0) is 10.6. The Morgan fingerprint density at radius 3 is 1.93 bits per heavy atom. The summed E-state index contributed by atoms with van der Waals surface area (Å²) in [5, 5.41) is 1.55. The number of benzene rings is 1. The highest BCUT2D eigenvalue weighted by Gasteiger charge is 2.13. The molecule has 0 unspecified atom stereocenters. The largest absolute Gasteiger partial charge is 0.375 e. The number of anilines is 2. The van der Waals surface area contributed by atoms with E-state index in [0.717, 1.165) is 9.40 Å². The Kier molecular flexibility index (Phi) is 1.79. The van der Waals surface area contributed by atoms with Gasteiger partial charge in [0, 0.05) is 0 Å². The Morgan fingerprint density at radius 1 is 1.00 bits per heavy atom. The lowest BCUT2D eigenvalue weighted by Crippen LogP contribution is -1.81. The highest BCUT2D eigenvalue weighted by Crippen LogP contribution is 2.38. The van der Waals surface area contributed by atoms with Crippen LogP contribution in [0.5, 0.6) is 0 Å². The molecule has 0 saturated heterocycles. The van der Waals surface area contributed by atoms with Gasteiger partial charge in [-0.3, -0.25) is 0 Å². The second-order valence-corrected chi connectivity index (χ2v) is 5.49. The lowest BCUT2D eigenvalue weighted by atomic mass is 10.3. The summed E-state index contributed by atoms with van der Waals surface area (Å²) in [6, 6.07) is 1.97. The third kappa shape index (κ3) is 1.26. The third-order valence-corrected chi connectivity index (χ3v) is 4.04. The fourth-order valence-electron chi connectivity index (χ4n) is 1.44. The van der Waals surface area contributed by atoms with Gasteiger partial charge in [-0.05, 0) is 6.07 Å². The number of nitrogen functional groups attached to an aromatic ring is 2. The minimum absolute atomic E-state index is 0.512. The van der Waals surface area contributed by atoms with Gasteiger partial charge in [-0.1, -0.05) is 34.3 Å². The summed E-state index contributed by atoms with van der Waals surface area (Å²) in [4.78, 5) is 8.32. The van der Waals surface area contributed by atoms with Gasteiger partial charge in [-0.2, -0.15) is 0 Å². The van der Waals surface area contributed by atoms with E-state index in [1.54, 1.807) is 0 Å². The Bertz CT molecular complexity index is 617. The molecule has 2 heterocycles. The molecule has 0 aliphatic heterocycles. The van der Waals surface area contributed by atoms with Gasteiger partial charge in [0.1, 0.15) is 11.0 Å². The SMILES string of the molecule is Nc1nc2c(Cl)c3nc(N)sc3cc2s1. The number of nitrogens with zero attached hydrogens (tertiary/aromatic N) is 2. The molecule has 0 aliphatic rings. The standard InChI is InChI=1S/C8H5ClN4S2/c9-4-5-2(14-7(10)12-5)1-3-6(4)13-8(11)15-3/h1H,(H2,10,12)(H2,11,13). The number of aromatic nitrogens is 2. The number of thiazole rings is 2. The number of nitrogens with two attached hydrogens (primary N) is 2. The molecule has 0 aliphatic carbocycles. The van der Waals surface area contributed by atoms with Gasteiger partial charge < -0.3 is 11.5 Å². The Labute approximate surface area is 97.5 Å². The zero-order valence-corrected chi connectivity index (χ0v) is 9.71. The molecule has 2 aromatic heterocycles. The van der Waals surface area contributed by atoms with Crippen LogP contribution in [-0.4, -0.2) is 9.97 Å². The summed E-state index contributed by atoms with van der Waals surface area (Å²) in [5.74, 6) is 0. The molecule has 15 heavy (non-hydrogen) atoms. The maximum atomic E-state index is 6.18. The maximum Gasteiger partial charge on any atom is 0.181 e. The Morgan fingerprint density at radius 2 is 1.47 bits per heavy atom. The van der Waals surface area contributed by atoms with Gasteiger partial charge >= 0.3 is 0 Å². The van der Waals surface area contributed by atoms with Crippen molar-refractivity contribution < 1.29 is 0 Å². The minimum atomic E-state index is 0.512. The van der Waals surface area contributed by atoms with Crippen LogP contribution in [0.25, 0.3) is 20.4 Å². The highest BCUT2D eigenvalue weighted by molar-refractivity contribution is 7.24. The fourth-order valence-corrected chi connectivity index (χ4v) is 3.48. The van der Waals surface area contributed by atoms with E-state index in [2.05, 4.69) is 9.97 Å². The first-order valence-electron chi connectivity index (χ1n) is 4.05.